The fraction of sp³-hybridized carbons (Fsp3) is 0.304. The van der Waals surface area contributed by atoms with Gasteiger partial charge >= 0.3 is 6.03 Å². The monoisotopic (exact) mass is 372 g/mol. The fourth-order valence-corrected chi connectivity index (χ4v) is 4.46. The van der Waals surface area contributed by atoms with Gasteiger partial charge in [-0.3, -0.25) is 0 Å². The van der Waals surface area contributed by atoms with Crippen LogP contribution in [0.25, 0.3) is 0 Å². The number of benzene rings is 2. The second-order valence-corrected chi connectivity index (χ2v) is 8.17. The van der Waals surface area contributed by atoms with Gasteiger partial charge < -0.3 is 14.8 Å². The Kier molecular flexibility index (Phi) is 3.97. The van der Waals surface area contributed by atoms with Crippen LogP contribution in [0.2, 0.25) is 0 Å². The van der Waals surface area contributed by atoms with E-state index in [2.05, 4.69) is 41.5 Å². The summed E-state index contributed by atoms with van der Waals surface area (Å²) in [6.07, 6.45) is 6.72. The molecule has 2 aromatic carbocycles. The van der Waals surface area contributed by atoms with Crippen molar-refractivity contribution >= 4 is 11.7 Å². The van der Waals surface area contributed by atoms with Crippen molar-refractivity contribution in [2.75, 3.05) is 18.4 Å². The first kappa shape index (κ1) is 17.0. The summed E-state index contributed by atoms with van der Waals surface area (Å²) < 4.78 is 2.02. The van der Waals surface area contributed by atoms with Crippen molar-refractivity contribution in [1.29, 1.82) is 0 Å². The van der Waals surface area contributed by atoms with Crippen LogP contribution in [0, 0.1) is 12.8 Å². The molecule has 3 aromatic rings. The number of likely N-dealkylation sites (tertiary alicyclic amines) is 1. The molecule has 1 aromatic heterocycles. The molecule has 1 aliphatic carbocycles. The van der Waals surface area contributed by atoms with E-state index in [0.717, 1.165) is 25.3 Å². The molecule has 0 radical (unpaired) electrons. The van der Waals surface area contributed by atoms with Crippen molar-refractivity contribution in [3.8, 4) is 0 Å². The third-order valence-corrected chi connectivity index (χ3v) is 6.19. The highest BCUT2D eigenvalue weighted by atomic mass is 16.2. The minimum absolute atomic E-state index is 0.000969. The SMILES string of the molecule is Cc1ccc([C@]23C[C@H]2CN(C(=O)Nc2ccc(Cn4ccnc4)cc2)C3)cc1. The number of nitrogens with zero attached hydrogens (tertiary/aromatic N) is 3. The molecule has 2 atom stereocenters. The summed E-state index contributed by atoms with van der Waals surface area (Å²) in [5, 5.41) is 3.06. The van der Waals surface area contributed by atoms with Gasteiger partial charge in [0.15, 0.2) is 0 Å². The highest BCUT2D eigenvalue weighted by Gasteiger charge is 2.61. The van der Waals surface area contributed by atoms with Crippen LogP contribution in [-0.2, 0) is 12.0 Å². The molecule has 2 fully saturated rings. The Morgan fingerprint density at radius 1 is 1.18 bits per heavy atom. The zero-order chi connectivity index (χ0) is 19.1. The number of fused-ring (bicyclic) bond motifs is 1. The minimum Gasteiger partial charge on any atom is -0.333 e. The van der Waals surface area contributed by atoms with Gasteiger partial charge in [0.25, 0.3) is 0 Å². The molecule has 2 aliphatic rings. The molecule has 5 heteroatoms. The molecule has 2 heterocycles. The predicted octanol–water partition coefficient (Wildman–Crippen LogP) is 4.05. The van der Waals surface area contributed by atoms with Gasteiger partial charge in [-0.15, -0.1) is 0 Å². The Balaban J connectivity index is 1.21. The minimum atomic E-state index is 0.000969. The van der Waals surface area contributed by atoms with Crippen molar-refractivity contribution in [3.63, 3.8) is 0 Å². The maximum absolute atomic E-state index is 12.8. The molecule has 5 rings (SSSR count). The number of aromatic nitrogens is 2. The number of hydrogen-bond acceptors (Lipinski definition) is 2. The quantitative estimate of drug-likeness (QED) is 0.751. The Bertz CT molecular complexity index is 978. The van der Waals surface area contributed by atoms with E-state index in [9.17, 15) is 4.79 Å². The summed E-state index contributed by atoms with van der Waals surface area (Å²) in [6.45, 7) is 4.55. The molecule has 5 nitrogen and oxygen atoms in total. The number of carbonyl (C=O) groups excluding carboxylic acids is 1. The zero-order valence-corrected chi connectivity index (χ0v) is 16.0. The lowest BCUT2D eigenvalue weighted by atomic mass is 9.94. The van der Waals surface area contributed by atoms with Crippen molar-refractivity contribution in [2.45, 2.75) is 25.3 Å². The summed E-state index contributed by atoms with van der Waals surface area (Å²) in [5.41, 5.74) is 4.85. The first-order valence-corrected chi connectivity index (χ1v) is 9.80. The van der Waals surface area contributed by atoms with E-state index >= 15 is 0 Å². The Morgan fingerprint density at radius 3 is 2.68 bits per heavy atom. The molecule has 0 bridgehead atoms. The largest absolute Gasteiger partial charge is 0.333 e. The van der Waals surface area contributed by atoms with E-state index in [4.69, 9.17) is 0 Å². The third kappa shape index (κ3) is 3.07. The second-order valence-electron chi connectivity index (χ2n) is 8.17. The summed E-state index contributed by atoms with van der Waals surface area (Å²) in [6, 6.07) is 16.8. The maximum atomic E-state index is 12.8. The number of piperidine rings is 1. The van der Waals surface area contributed by atoms with Gasteiger partial charge in [0.1, 0.15) is 0 Å². The zero-order valence-electron chi connectivity index (χ0n) is 16.0. The first-order chi connectivity index (χ1) is 13.6. The average molecular weight is 372 g/mol. The topological polar surface area (TPSA) is 50.2 Å². The molecule has 2 amide bonds. The highest BCUT2D eigenvalue weighted by Crippen LogP contribution is 2.59. The molecule has 0 unspecified atom stereocenters. The molecule has 1 saturated carbocycles. The smallest absolute Gasteiger partial charge is 0.321 e. The number of nitrogens with one attached hydrogen (secondary N) is 1. The van der Waals surface area contributed by atoms with E-state index in [-0.39, 0.29) is 11.4 Å². The van der Waals surface area contributed by atoms with Gasteiger partial charge in [-0.1, -0.05) is 42.0 Å². The van der Waals surface area contributed by atoms with E-state index < -0.39 is 0 Å². The molecule has 28 heavy (non-hydrogen) atoms. The number of anilines is 1. The number of imidazole rings is 1. The molecular weight excluding hydrogens is 348 g/mol. The lowest BCUT2D eigenvalue weighted by molar-refractivity contribution is 0.216. The molecule has 1 aliphatic heterocycles. The summed E-state index contributed by atoms with van der Waals surface area (Å²) in [5.74, 6) is 0.596. The van der Waals surface area contributed by atoms with Gasteiger partial charge in [-0.25, -0.2) is 9.78 Å². The van der Waals surface area contributed by atoms with Gasteiger partial charge in [-0.2, -0.15) is 0 Å². The number of hydrogen-bond donors (Lipinski definition) is 1. The van der Waals surface area contributed by atoms with Crippen LogP contribution >= 0.6 is 0 Å². The van der Waals surface area contributed by atoms with Crippen LogP contribution < -0.4 is 5.32 Å². The van der Waals surface area contributed by atoms with Crippen LogP contribution in [0.1, 0.15) is 23.1 Å². The number of urea groups is 1. The number of aryl methyl sites for hydroxylation is 1. The fourth-order valence-electron chi connectivity index (χ4n) is 4.46. The van der Waals surface area contributed by atoms with Crippen molar-refractivity contribution in [3.05, 3.63) is 83.9 Å². The summed E-state index contributed by atoms with van der Waals surface area (Å²) in [4.78, 5) is 18.8. The molecule has 1 N–H and O–H groups in total. The molecule has 1 saturated heterocycles. The molecular formula is C23H24N4O. The summed E-state index contributed by atoms with van der Waals surface area (Å²) in [7, 11) is 0. The normalized spacial score (nSPS) is 22.8. The van der Waals surface area contributed by atoms with Gasteiger partial charge in [0.2, 0.25) is 0 Å². The number of amides is 2. The average Bonchev–Trinajstić information content (AvgIpc) is 3.05. The maximum Gasteiger partial charge on any atom is 0.321 e. The molecule has 0 spiro atoms. The Morgan fingerprint density at radius 2 is 1.96 bits per heavy atom. The highest BCUT2D eigenvalue weighted by molar-refractivity contribution is 5.90. The van der Waals surface area contributed by atoms with Crippen molar-refractivity contribution in [1.82, 2.24) is 14.5 Å². The van der Waals surface area contributed by atoms with Crippen LogP contribution in [0.3, 0.4) is 0 Å². The van der Waals surface area contributed by atoms with E-state index in [0.29, 0.717) is 5.92 Å². The van der Waals surface area contributed by atoms with E-state index in [1.165, 1.54) is 23.1 Å². The van der Waals surface area contributed by atoms with Crippen LogP contribution in [0.15, 0.2) is 67.3 Å². The van der Waals surface area contributed by atoms with Crippen LogP contribution in [-0.4, -0.2) is 33.6 Å². The lowest BCUT2D eigenvalue weighted by Crippen LogP contribution is -2.36. The van der Waals surface area contributed by atoms with Gasteiger partial charge in [0.05, 0.1) is 6.33 Å². The van der Waals surface area contributed by atoms with E-state index in [1.807, 2.05) is 39.9 Å². The van der Waals surface area contributed by atoms with Gasteiger partial charge in [-0.05, 0) is 42.5 Å². The Hall–Kier alpha value is -3.08. The third-order valence-electron chi connectivity index (χ3n) is 6.19. The number of carbonyl (C=O) groups is 1. The number of rotatable bonds is 4. The van der Waals surface area contributed by atoms with Crippen molar-refractivity contribution < 1.29 is 4.79 Å². The standard InChI is InChI=1S/C23H24N4O/c1-17-2-6-19(7-3-17)23-12-20(23)14-27(15-23)22(28)25-21-8-4-18(5-9-21)13-26-11-10-24-16-26/h2-11,16,20H,12-15H2,1H3,(H,25,28)/t20-,23+/m0/s1. The van der Waals surface area contributed by atoms with Crippen molar-refractivity contribution in [2.24, 2.45) is 5.92 Å². The lowest BCUT2D eigenvalue weighted by Gasteiger charge is -2.22. The van der Waals surface area contributed by atoms with E-state index in [1.54, 1.807) is 12.5 Å². The van der Waals surface area contributed by atoms with Gasteiger partial charge in [0, 0.05) is 43.1 Å². The van der Waals surface area contributed by atoms with Crippen LogP contribution in [0.4, 0.5) is 10.5 Å². The van der Waals surface area contributed by atoms with Crippen LogP contribution in [0.5, 0.6) is 0 Å². The summed E-state index contributed by atoms with van der Waals surface area (Å²) >= 11 is 0. The first-order valence-electron chi connectivity index (χ1n) is 9.80. The Labute approximate surface area is 165 Å². The second kappa shape index (κ2) is 6.51. The predicted molar refractivity (Wildman–Crippen MR) is 109 cm³/mol. The molecule has 142 valence electrons.